The summed E-state index contributed by atoms with van der Waals surface area (Å²) in [6.07, 6.45) is 9.99. The first-order chi connectivity index (χ1) is 12.6. The van der Waals surface area contributed by atoms with Crippen molar-refractivity contribution in [2.24, 2.45) is 0 Å². The van der Waals surface area contributed by atoms with E-state index in [1.54, 1.807) is 12.4 Å². The zero-order chi connectivity index (χ0) is 18.1. The molecule has 3 heterocycles. The van der Waals surface area contributed by atoms with Gasteiger partial charge in [0.05, 0.1) is 0 Å². The number of aromatic amines is 1. The van der Waals surface area contributed by atoms with Gasteiger partial charge in [0, 0.05) is 36.2 Å². The number of anilines is 1. The standard InChI is InChI=1S/C19H23ClN6/c1-26(2)14-5-3-13(4-6-14)24-17-10-12(9-16(20)25-17)15-11-23-19-18(15)21-7-8-22-19/h7-11,13-14H,3-6H2,1-2H3,(H,22,23)(H,24,25). The van der Waals surface area contributed by atoms with Gasteiger partial charge < -0.3 is 15.2 Å². The summed E-state index contributed by atoms with van der Waals surface area (Å²) in [6.45, 7) is 0. The molecule has 7 heteroatoms. The van der Waals surface area contributed by atoms with Crippen molar-refractivity contribution in [1.29, 1.82) is 0 Å². The Morgan fingerprint density at radius 3 is 2.65 bits per heavy atom. The molecule has 0 saturated heterocycles. The molecule has 1 fully saturated rings. The third kappa shape index (κ3) is 3.52. The van der Waals surface area contributed by atoms with Gasteiger partial charge in [-0.25, -0.2) is 9.97 Å². The molecule has 0 aliphatic heterocycles. The normalized spacial score (nSPS) is 20.6. The van der Waals surface area contributed by atoms with Crippen LogP contribution in [-0.2, 0) is 0 Å². The van der Waals surface area contributed by atoms with E-state index in [-0.39, 0.29) is 0 Å². The largest absolute Gasteiger partial charge is 0.367 e. The second-order valence-electron chi connectivity index (χ2n) is 7.13. The van der Waals surface area contributed by atoms with Crippen molar-refractivity contribution in [3.05, 3.63) is 35.9 Å². The number of rotatable bonds is 4. The van der Waals surface area contributed by atoms with E-state index < -0.39 is 0 Å². The first-order valence-electron chi connectivity index (χ1n) is 8.99. The highest BCUT2D eigenvalue weighted by Gasteiger charge is 2.22. The second-order valence-corrected chi connectivity index (χ2v) is 7.52. The number of pyridine rings is 1. The fourth-order valence-electron chi connectivity index (χ4n) is 3.74. The lowest BCUT2D eigenvalue weighted by Crippen LogP contribution is -2.36. The number of hydrogen-bond acceptors (Lipinski definition) is 5. The van der Waals surface area contributed by atoms with Crippen molar-refractivity contribution in [2.45, 2.75) is 37.8 Å². The van der Waals surface area contributed by atoms with Crippen LogP contribution < -0.4 is 5.32 Å². The molecule has 0 amide bonds. The number of halogens is 1. The van der Waals surface area contributed by atoms with Gasteiger partial charge in [0.1, 0.15) is 16.5 Å². The van der Waals surface area contributed by atoms with Crippen molar-refractivity contribution in [3.8, 4) is 11.1 Å². The number of H-pyrrole nitrogens is 1. The number of hydrogen-bond donors (Lipinski definition) is 2. The van der Waals surface area contributed by atoms with Crippen molar-refractivity contribution >= 4 is 28.6 Å². The lowest BCUT2D eigenvalue weighted by molar-refractivity contribution is 0.221. The topological polar surface area (TPSA) is 69.7 Å². The van der Waals surface area contributed by atoms with Gasteiger partial charge in [0.15, 0.2) is 5.65 Å². The Labute approximate surface area is 158 Å². The molecule has 1 aliphatic rings. The van der Waals surface area contributed by atoms with E-state index in [1.165, 1.54) is 12.8 Å². The van der Waals surface area contributed by atoms with Crippen LogP contribution in [0.5, 0.6) is 0 Å². The van der Waals surface area contributed by atoms with E-state index in [0.717, 1.165) is 41.0 Å². The van der Waals surface area contributed by atoms with E-state index in [4.69, 9.17) is 11.6 Å². The van der Waals surface area contributed by atoms with Gasteiger partial charge in [0.2, 0.25) is 0 Å². The Morgan fingerprint density at radius 2 is 1.88 bits per heavy atom. The van der Waals surface area contributed by atoms with Gasteiger partial charge in [-0.1, -0.05) is 11.6 Å². The van der Waals surface area contributed by atoms with E-state index in [0.29, 0.717) is 17.2 Å². The van der Waals surface area contributed by atoms with Crippen LogP contribution in [0.4, 0.5) is 5.82 Å². The molecule has 1 aliphatic carbocycles. The molecule has 0 atom stereocenters. The lowest BCUT2D eigenvalue weighted by atomic mass is 9.90. The van der Waals surface area contributed by atoms with Crippen molar-refractivity contribution in [1.82, 2.24) is 24.8 Å². The molecule has 0 aromatic carbocycles. The Balaban J connectivity index is 1.56. The molecule has 6 nitrogen and oxygen atoms in total. The fraction of sp³-hybridized carbons (Fsp3) is 0.421. The maximum atomic E-state index is 6.30. The predicted molar refractivity (Wildman–Crippen MR) is 105 cm³/mol. The lowest BCUT2D eigenvalue weighted by Gasteiger charge is -2.33. The van der Waals surface area contributed by atoms with Gasteiger partial charge in [-0.2, -0.15) is 0 Å². The van der Waals surface area contributed by atoms with Crippen LogP contribution in [0.25, 0.3) is 22.3 Å². The van der Waals surface area contributed by atoms with Crippen LogP contribution in [0.1, 0.15) is 25.7 Å². The smallest absolute Gasteiger partial charge is 0.156 e. The minimum atomic E-state index is 0.438. The third-order valence-electron chi connectivity index (χ3n) is 5.19. The highest BCUT2D eigenvalue weighted by Crippen LogP contribution is 2.31. The highest BCUT2D eigenvalue weighted by atomic mass is 35.5. The summed E-state index contributed by atoms with van der Waals surface area (Å²) < 4.78 is 0. The van der Waals surface area contributed by atoms with Crippen molar-refractivity contribution < 1.29 is 0 Å². The van der Waals surface area contributed by atoms with Crippen LogP contribution >= 0.6 is 11.6 Å². The van der Waals surface area contributed by atoms with Gasteiger partial charge >= 0.3 is 0 Å². The van der Waals surface area contributed by atoms with Crippen LogP contribution in [0.15, 0.2) is 30.7 Å². The van der Waals surface area contributed by atoms with Crippen molar-refractivity contribution in [3.63, 3.8) is 0 Å². The van der Waals surface area contributed by atoms with E-state index >= 15 is 0 Å². The van der Waals surface area contributed by atoms with E-state index in [2.05, 4.69) is 44.2 Å². The molecule has 3 aromatic rings. The monoisotopic (exact) mass is 370 g/mol. The predicted octanol–water partition coefficient (Wildman–Crippen LogP) is 3.96. The quantitative estimate of drug-likeness (QED) is 0.680. The molecule has 0 radical (unpaired) electrons. The summed E-state index contributed by atoms with van der Waals surface area (Å²) in [7, 11) is 4.32. The molecular formula is C19H23ClN6. The molecule has 3 aromatic heterocycles. The first-order valence-corrected chi connectivity index (χ1v) is 9.37. The second kappa shape index (κ2) is 7.21. The zero-order valence-electron chi connectivity index (χ0n) is 15.0. The summed E-state index contributed by atoms with van der Waals surface area (Å²) in [6, 6.07) is 5.03. The number of nitrogens with zero attached hydrogens (tertiary/aromatic N) is 4. The van der Waals surface area contributed by atoms with Crippen molar-refractivity contribution in [2.75, 3.05) is 19.4 Å². The molecule has 0 spiro atoms. The Hall–Kier alpha value is -2.18. The van der Waals surface area contributed by atoms with Gasteiger partial charge in [0.25, 0.3) is 0 Å². The summed E-state index contributed by atoms with van der Waals surface area (Å²) >= 11 is 6.30. The van der Waals surface area contributed by atoms with Crippen LogP contribution in [0.2, 0.25) is 5.15 Å². The van der Waals surface area contributed by atoms with Crippen LogP contribution in [0.3, 0.4) is 0 Å². The molecule has 26 heavy (non-hydrogen) atoms. The molecule has 1 saturated carbocycles. The van der Waals surface area contributed by atoms with Gasteiger partial charge in [-0.05, 0) is 57.5 Å². The number of aromatic nitrogens is 4. The van der Waals surface area contributed by atoms with Gasteiger partial charge in [-0.3, -0.25) is 4.98 Å². The van der Waals surface area contributed by atoms with E-state index in [1.807, 2.05) is 18.3 Å². The Morgan fingerprint density at radius 1 is 1.12 bits per heavy atom. The molecule has 0 unspecified atom stereocenters. The fourth-order valence-corrected chi connectivity index (χ4v) is 3.95. The average Bonchev–Trinajstić information content (AvgIpc) is 3.06. The molecule has 136 valence electrons. The number of fused-ring (bicyclic) bond motifs is 1. The summed E-state index contributed by atoms with van der Waals surface area (Å²) in [5.74, 6) is 0.819. The van der Waals surface area contributed by atoms with Gasteiger partial charge in [-0.15, -0.1) is 0 Å². The zero-order valence-corrected chi connectivity index (χ0v) is 15.8. The van der Waals surface area contributed by atoms with E-state index in [9.17, 15) is 0 Å². The summed E-state index contributed by atoms with van der Waals surface area (Å²) in [5.41, 5.74) is 3.58. The highest BCUT2D eigenvalue weighted by molar-refractivity contribution is 6.29. The minimum Gasteiger partial charge on any atom is -0.367 e. The third-order valence-corrected chi connectivity index (χ3v) is 5.38. The van der Waals surface area contributed by atoms with Crippen LogP contribution in [0, 0.1) is 0 Å². The average molecular weight is 371 g/mol. The molecule has 2 N–H and O–H groups in total. The number of nitrogens with one attached hydrogen (secondary N) is 2. The molecular weight excluding hydrogens is 348 g/mol. The molecule has 0 bridgehead atoms. The summed E-state index contributed by atoms with van der Waals surface area (Å²) in [5, 5.41) is 4.05. The minimum absolute atomic E-state index is 0.438. The Bertz CT molecular complexity index is 898. The summed E-state index contributed by atoms with van der Waals surface area (Å²) in [4.78, 5) is 18.7. The maximum absolute atomic E-state index is 6.30. The Kier molecular flexibility index (Phi) is 4.78. The molecule has 4 rings (SSSR count). The first kappa shape index (κ1) is 17.2. The SMILES string of the molecule is CN(C)C1CCC(Nc2cc(-c3c[nH]c4nccnc34)cc(Cl)n2)CC1. The van der Waals surface area contributed by atoms with Crippen LogP contribution in [-0.4, -0.2) is 51.0 Å². The maximum Gasteiger partial charge on any atom is 0.156 e.